The normalized spacial score (nSPS) is 18.7. The zero-order valence-corrected chi connectivity index (χ0v) is 13.4. The van der Waals surface area contributed by atoms with Gasteiger partial charge in [0.05, 0.1) is 6.04 Å². The van der Waals surface area contributed by atoms with Crippen LogP contribution in [-0.4, -0.2) is 40.8 Å². The molecule has 1 saturated heterocycles. The van der Waals surface area contributed by atoms with Crippen molar-refractivity contribution in [3.05, 3.63) is 17.6 Å². The molecule has 0 radical (unpaired) electrons. The van der Waals surface area contributed by atoms with E-state index in [2.05, 4.69) is 20.2 Å². The first kappa shape index (κ1) is 15.5. The summed E-state index contributed by atoms with van der Waals surface area (Å²) in [4.78, 5) is 22.7. The fraction of sp³-hybridized carbons (Fsp3) is 0.667. The third-order valence-electron chi connectivity index (χ3n) is 3.19. The van der Waals surface area contributed by atoms with Gasteiger partial charge in [0.15, 0.2) is 0 Å². The second-order valence-corrected chi connectivity index (χ2v) is 6.49. The third-order valence-corrected chi connectivity index (χ3v) is 3.19. The maximum absolute atomic E-state index is 11.8. The Bertz CT molecular complexity index is 505. The Morgan fingerprint density at radius 2 is 2.10 bits per heavy atom. The highest BCUT2D eigenvalue weighted by atomic mass is 16.6. The fourth-order valence-corrected chi connectivity index (χ4v) is 2.42. The molecule has 1 atom stereocenters. The molecule has 1 aromatic rings. The summed E-state index contributed by atoms with van der Waals surface area (Å²) in [7, 11) is 0. The van der Waals surface area contributed by atoms with Gasteiger partial charge >= 0.3 is 6.09 Å². The van der Waals surface area contributed by atoms with Crippen molar-refractivity contribution in [2.45, 2.75) is 52.7 Å². The minimum Gasteiger partial charge on any atom is -0.444 e. The van der Waals surface area contributed by atoms with Crippen LogP contribution >= 0.6 is 0 Å². The first-order valence-corrected chi connectivity index (χ1v) is 7.30. The average molecular weight is 292 g/mol. The number of hydrogen-bond donors (Lipinski definition) is 1. The number of amides is 1. The molecule has 1 amide bonds. The largest absolute Gasteiger partial charge is 0.444 e. The Morgan fingerprint density at radius 3 is 2.71 bits per heavy atom. The number of aryl methyl sites for hydroxylation is 2. The van der Waals surface area contributed by atoms with E-state index >= 15 is 0 Å². The summed E-state index contributed by atoms with van der Waals surface area (Å²) in [6, 6.07) is 2.07. The van der Waals surface area contributed by atoms with E-state index in [0.29, 0.717) is 0 Å². The molecule has 0 aliphatic carbocycles. The summed E-state index contributed by atoms with van der Waals surface area (Å²) in [6.45, 7) is 11.1. The van der Waals surface area contributed by atoms with Gasteiger partial charge in [-0.25, -0.2) is 14.8 Å². The van der Waals surface area contributed by atoms with Gasteiger partial charge in [0.1, 0.15) is 17.2 Å². The molecule has 1 aromatic heterocycles. The van der Waals surface area contributed by atoms with E-state index in [1.165, 1.54) is 0 Å². The van der Waals surface area contributed by atoms with Gasteiger partial charge in [-0.05, 0) is 41.0 Å². The van der Waals surface area contributed by atoms with Crippen molar-refractivity contribution in [2.24, 2.45) is 0 Å². The Labute approximate surface area is 125 Å². The summed E-state index contributed by atoms with van der Waals surface area (Å²) < 4.78 is 5.28. The SMILES string of the molecule is Cc1cc(N2CC[C@@H](NC(=O)OC(C)(C)C)C2)nc(C)n1. The summed E-state index contributed by atoms with van der Waals surface area (Å²) in [5.41, 5.74) is 0.490. The first-order valence-electron chi connectivity index (χ1n) is 7.30. The van der Waals surface area contributed by atoms with Crippen molar-refractivity contribution in [3.63, 3.8) is 0 Å². The molecule has 0 unspecified atom stereocenters. The molecule has 1 aliphatic rings. The summed E-state index contributed by atoms with van der Waals surface area (Å²) in [5, 5.41) is 2.92. The summed E-state index contributed by atoms with van der Waals surface area (Å²) in [5.74, 6) is 1.70. The molecule has 6 heteroatoms. The molecule has 0 saturated carbocycles. The molecular formula is C15H24N4O2. The van der Waals surface area contributed by atoms with Gasteiger partial charge in [-0.1, -0.05) is 0 Å². The van der Waals surface area contributed by atoms with Crippen LogP contribution in [0.3, 0.4) is 0 Å². The standard InChI is InChI=1S/C15H24N4O2/c1-10-8-13(17-11(2)16-10)19-7-6-12(9-19)18-14(20)21-15(3,4)5/h8,12H,6-7,9H2,1-5H3,(H,18,20)/t12-/m1/s1. The number of hydrogen-bond acceptors (Lipinski definition) is 5. The number of carbonyl (C=O) groups excluding carboxylic acids is 1. The topological polar surface area (TPSA) is 67.4 Å². The van der Waals surface area contributed by atoms with Crippen LogP contribution in [0.15, 0.2) is 6.07 Å². The molecule has 0 spiro atoms. The molecule has 6 nitrogen and oxygen atoms in total. The lowest BCUT2D eigenvalue weighted by atomic mass is 10.2. The van der Waals surface area contributed by atoms with Crippen molar-refractivity contribution in [2.75, 3.05) is 18.0 Å². The highest BCUT2D eigenvalue weighted by Crippen LogP contribution is 2.19. The molecule has 1 N–H and O–H groups in total. The third kappa shape index (κ3) is 4.58. The van der Waals surface area contributed by atoms with Crippen LogP contribution in [0.2, 0.25) is 0 Å². The smallest absolute Gasteiger partial charge is 0.407 e. The Morgan fingerprint density at radius 1 is 1.38 bits per heavy atom. The lowest BCUT2D eigenvalue weighted by Crippen LogP contribution is -2.40. The molecule has 21 heavy (non-hydrogen) atoms. The highest BCUT2D eigenvalue weighted by molar-refractivity contribution is 5.68. The molecular weight excluding hydrogens is 268 g/mol. The van der Waals surface area contributed by atoms with Gasteiger partial charge in [-0.3, -0.25) is 0 Å². The number of nitrogens with zero attached hydrogens (tertiary/aromatic N) is 3. The van der Waals surface area contributed by atoms with Crippen molar-refractivity contribution in [3.8, 4) is 0 Å². The van der Waals surface area contributed by atoms with Gasteiger partial charge in [0.2, 0.25) is 0 Å². The average Bonchev–Trinajstić information content (AvgIpc) is 2.73. The number of carbonyl (C=O) groups is 1. The van der Waals surface area contributed by atoms with Crippen LogP contribution in [0.5, 0.6) is 0 Å². The van der Waals surface area contributed by atoms with Crippen LogP contribution in [0.25, 0.3) is 0 Å². The fourth-order valence-electron chi connectivity index (χ4n) is 2.42. The number of anilines is 1. The Hall–Kier alpha value is -1.85. The zero-order valence-electron chi connectivity index (χ0n) is 13.4. The van der Waals surface area contributed by atoms with Gasteiger partial charge in [-0.15, -0.1) is 0 Å². The second-order valence-electron chi connectivity index (χ2n) is 6.49. The summed E-state index contributed by atoms with van der Waals surface area (Å²) >= 11 is 0. The van der Waals surface area contributed by atoms with Gasteiger partial charge < -0.3 is 15.0 Å². The van der Waals surface area contributed by atoms with Crippen molar-refractivity contribution < 1.29 is 9.53 Å². The molecule has 2 rings (SSSR count). The molecule has 2 heterocycles. The lowest BCUT2D eigenvalue weighted by Gasteiger charge is -2.22. The Balaban J connectivity index is 1.93. The number of rotatable bonds is 2. The van der Waals surface area contributed by atoms with Crippen LogP contribution < -0.4 is 10.2 Å². The number of nitrogens with one attached hydrogen (secondary N) is 1. The van der Waals surface area contributed by atoms with Crippen LogP contribution in [0, 0.1) is 13.8 Å². The van der Waals surface area contributed by atoms with Crippen molar-refractivity contribution in [1.29, 1.82) is 0 Å². The van der Waals surface area contributed by atoms with E-state index in [1.807, 2.05) is 40.7 Å². The lowest BCUT2D eigenvalue weighted by molar-refractivity contribution is 0.0509. The van der Waals surface area contributed by atoms with Gasteiger partial charge in [0.25, 0.3) is 0 Å². The second kappa shape index (κ2) is 5.87. The van der Waals surface area contributed by atoms with Crippen LogP contribution in [0.1, 0.15) is 38.7 Å². The number of ether oxygens (including phenoxy) is 1. The van der Waals surface area contributed by atoms with E-state index in [-0.39, 0.29) is 12.1 Å². The highest BCUT2D eigenvalue weighted by Gasteiger charge is 2.27. The minimum atomic E-state index is -0.469. The quantitative estimate of drug-likeness (QED) is 0.905. The summed E-state index contributed by atoms with van der Waals surface area (Å²) in [6.07, 6.45) is 0.533. The molecule has 1 fully saturated rings. The van der Waals surface area contributed by atoms with E-state index in [0.717, 1.165) is 36.8 Å². The monoisotopic (exact) mass is 292 g/mol. The van der Waals surface area contributed by atoms with E-state index in [1.54, 1.807) is 0 Å². The molecule has 0 aromatic carbocycles. The van der Waals surface area contributed by atoms with Crippen molar-refractivity contribution >= 4 is 11.9 Å². The maximum atomic E-state index is 11.8. The number of alkyl carbamates (subject to hydrolysis) is 1. The predicted octanol–water partition coefficient (Wildman–Crippen LogP) is 2.20. The molecule has 0 bridgehead atoms. The predicted molar refractivity (Wildman–Crippen MR) is 81.5 cm³/mol. The van der Waals surface area contributed by atoms with Crippen molar-refractivity contribution in [1.82, 2.24) is 15.3 Å². The molecule has 116 valence electrons. The van der Waals surface area contributed by atoms with Crippen LogP contribution in [-0.2, 0) is 4.74 Å². The van der Waals surface area contributed by atoms with Gasteiger partial charge in [-0.2, -0.15) is 0 Å². The van der Waals surface area contributed by atoms with Crippen LogP contribution in [0.4, 0.5) is 10.6 Å². The van der Waals surface area contributed by atoms with E-state index in [9.17, 15) is 4.79 Å². The van der Waals surface area contributed by atoms with Gasteiger partial charge in [0, 0.05) is 24.8 Å². The minimum absolute atomic E-state index is 0.0930. The zero-order chi connectivity index (χ0) is 15.6. The number of aromatic nitrogens is 2. The first-order chi connectivity index (χ1) is 9.73. The maximum Gasteiger partial charge on any atom is 0.407 e. The van der Waals surface area contributed by atoms with E-state index in [4.69, 9.17) is 4.74 Å². The Kier molecular flexibility index (Phi) is 4.34. The van der Waals surface area contributed by atoms with E-state index < -0.39 is 5.60 Å². The molecule has 1 aliphatic heterocycles.